The van der Waals surface area contributed by atoms with Crippen LogP contribution in [0.5, 0.6) is 0 Å². The van der Waals surface area contributed by atoms with Crippen molar-refractivity contribution in [2.24, 2.45) is 47.3 Å². The summed E-state index contributed by atoms with van der Waals surface area (Å²) < 4.78 is 128. The van der Waals surface area contributed by atoms with Crippen LogP contribution in [0.4, 0.5) is 0 Å². The molecule has 5 heterocycles. The van der Waals surface area contributed by atoms with Crippen molar-refractivity contribution in [2.75, 3.05) is 0 Å². The molecule has 13 aliphatic rings. The van der Waals surface area contributed by atoms with Crippen LogP contribution in [0.2, 0.25) is 0 Å². The van der Waals surface area contributed by atoms with E-state index in [0.29, 0.717) is 51.4 Å². The minimum Gasteiger partial charge on any atom is -0.286 e. The van der Waals surface area contributed by atoms with Gasteiger partial charge < -0.3 is 0 Å². The first kappa shape index (κ1) is 58.3. The summed E-state index contributed by atoms with van der Waals surface area (Å²) in [7, 11) is -14.4. The second kappa shape index (κ2) is 24.1. The van der Waals surface area contributed by atoms with Gasteiger partial charge in [0.15, 0.2) is 0 Å². The predicted octanol–water partition coefficient (Wildman–Crippen LogP) is 3.53. The molecule has 8 aliphatic carbocycles. The Bertz CT molecular complexity index is 2260. The molecule has 0 spiro atoms. The van der Waals surface area contributed by atoms with Crippen LogP contribution in [0.1, 0.15) is 205 Å². The zero-order valence-corrected chi connectivity index (χ0v) is 50.6. The Hall–Kier alpha value is -0.680. The average molecular weight is 1200 g/mol. The summed E-state index contributed by atoms with van der Waals surface area (Å²) in [5.74, 6) is 0.236. The Kier molecular flexibility index (Phi) is 17.6. The van der Waals surface area contributed by atoms with E-state index < -0.39 is 61.1 Å². The third-order valence-electron chi connectivity index (χ3n) is 23.4. The summed E-state index contributed by atoms with van der Waals surface area (Å²) in [4.78, 5) is 0. The SMILES string of the molecule is O=S(=O)(NC1CCCCC1)C1CCC2C3NC4NC(NC5NC(NC6NC(NC(N3)C2C1)C1CC(S(=O)(=O)NC2CCCCC2)CCC61)C1CCC(S(=O)(=O)NC2CCCCC2)CC51)C1CC(S(=O)(=O)NC2CCCCC2)CCC41. The van der Waals surface area contributed by atoms with E-state index in [9.17, 15) is 33.7 Å². The fraction of sp³-hybridized carbons (Fsp3) is 1.00. The maximum atomic E-state index is 14.4. The lowest BCUT2D eigenvalue weighted by molar-refractivity contribution is 0.168. The average Bonchev–Trinajstić information content (AvgIpc) is 4.21. The molecule has 80 heavy (non-hydrogen) atoms. The highest BCUT2D eigenvalue weighted by Crippen LogP contribution is 2.48. The minimum atomic E-state index is -3.61. The second-order valence-corrected chi connectivity index (χ2v) is 36.2. The first-order valence-electron chi connectivity index (χ1n) is 32.7. The van der Waals surface area contributed by atoms with Crippen molar-refractivity contribution in [3.63, 3.8) is 0 Å². The normalized spacial score (nSPS) is 44.9. The van der Waals surface area contributed by atoms with Gasteiger partial charge in [-0.05, 0) is 176 Å². The van der Waals surface area contributed by atoms with E-state index >= 15 is 0 Å². The maximum absolute atomic E-state index is 14.4. The van der Waals surface area contributed by atoms with Crippen LogP contribution in [-0.4, -0.2) is 128 Å². The standard InChI is InChI=1S/C56H100N12O8S4/c69-77(70,65-33-13-5-1-6-14-33)37-21-25-41-45(29-37)53-59-49(41)57-50-43-27-23-39(79(73,74)67-35-17-9-3-10-18-35)31-47(43)55(61-50)64-56-48-32-40(80(75,76)68-36-19-11-4-12-20-36)24-28-44(48)52(62-56)58-51-42-26-22-38(30-46(42)54(60-51)63-53)78(71,72)66-34-15-7-2-8-16-34/h33-68H,1-32H2. The van der Waals surface area contributed by atoms with E-state index in [1.807, 2.05) is 0 Å². The number of nitrogens with one attached hydrogen (secondary N) is 12. The molecule has 0 amide bonds. The van der Waals surface area contributed by atoms with Crippen molar-refractivity contribution >= 4 is 40.1 Å². The van der Waals surface area contributed by atoms with Gasteiger partial charge in [0, 0.05) is 24.2 Å². The molecular formula is C56H100N12O8S4. The molecule has 13 fully saturated rings. The smallest absolute Gasteiger partial charge is 0.214 e. The third-order valence-corrected chi connectivity index (χ3v) is 31.3. The Labute approximate surface area is 479 Å². The molecular weight excluding hydrogens is 1100 g/mol. The fourth-order valence-corrected chi connectivity index (χ4v) is 26.4. The van der Waals surface area contributed by atoms with Crippen LogP contribution in [0.3, 0.4) is 0 Å². The number of sulfonamides is 4. The van der Waals surface area contributed by atoms with Gasteiger partial charge in [0.25, 0.3) is 0 Å². The Morgan fingerprint density at radius 1 is 0.212 bits per heavy atom. The Morgan fingerprint density at radius 3 is 0.575 bits per heavy atom. The highest BCUT2D eigenvalue weighted by molar-refractivity contribution is 7.91. The van der Waals surface area contributed by atoms with Crippen molar-refractivity contribution < 1.29 is 33.7 Å². The predicted molar refractivity (Wildman–Crippen MR) is 310 cm³/mol. The quantitative estimate of drug-likeness (QED) is 0.133. The van der Waals surface area contributed by atoms with Crippen LogP contribution < -0.4 is 61.4 Å². The van der Waals surface area contributed by atoms with E-state index in [1.165, 1.54) is 0 Å². The van der Waals surface area contributed by atoms with Crippen LogP contribution in [-0.2, 0) is 40.1 Å². The van der Waals surface area contributed by atoms with E-state index in [-0.39, 0.29) is 121 Å². The topological polar surface area (TPSA) is 281 Å². The van der Waals surface area contributed by atoms with Crippen molar-refractivity contribution in [3.05, 3.63) is 0 Å². The molecule has 24 heteroatoms. The lowest BCUT2D eigenvalue weighted by Gasteiger charge is -2.39. The largest absolute Gasteiger partial charge is 0.286 e. The molecule has 8 saturated carbocycles. The van der Waals surface area contributed by atoms with Crippen LogP contribution in [0.25, 0.3) is 0 Å². The van der Waals surface area contributed by atoms with Gasteiger partial charge in [-0.2, -0.15) is 0 Å². The molecule has 20 unspecified atom stereocenters. The van der Waals surface area contributed by atoms with Crippen molar-refractivity contribution in [1.29, 1.82) is 0 Å². The zero-order valence-electron chi connectivity index (χ0n) is 47.4. The van der Waals surface area contributed by atoms with Crippen LogP contribution in [0.15, 0.2) is 0 Å². The molecule has 20 nitrogen and oxygen atoms in total. The summed E-state index contributed by atoms with van der Waals surface area (Å²) in [6, 6.07) is -0.0787. The van der Waals surface area contributed by atoms with Gasteiger partial charge in [0.1, 0.15) is 0 Å². The lowest BCUT2D eigenvalue weighted by atomic mass is 9.76. The molecule has 5 saturated heterocycles. The summed E-state index contributed by atoms with van der Waals surface area (Å²) >= 11 is 0. The minimum absolute atomic E-state index is 0.0197. The molecule has 0 radical (unpaired) electrons. The monoisotopic (exact) mass is 1200 g/mol. The molecule has 13 rings (SSSR count). The molecule has 12 N–H and O–H groups in total. The van der Waals surface area contributed by atoms with E-state index in [0.717, 1.165) is 154 Å². The van der Waals surface area contributed by atoms with Crippen LogP contribution in [0, 0.1) is 47.3 Å². The maximum Gasteiger partial charge on any atom is 0.214 e. The van der Waals surface area contributed by atoms with Crippen molar-refractivity contribution in [2.45, 2.75) is 300 Å². The summed E-state index contributed by atoms with van der Waals surface area (Å²) in [6.45, 7) is 0. The molecule has 0 aromatic rings. The second-order valence-electron chi connectivity index (χ2n) is 28.2. The fourth-order valence-electron chi connectivity index (χ4n) is 19.2. The first-order valence-corrected chi connectivity index (χ1v) is 38.8. The number of rotatable bonds is 12. The number of hydrogen-bond donors (Lipinski definition) is 12. The highest BCUT2D eigenvalue weighted by Gasteiger charge is 2.58. The molecule has 456 valence electrons. The molecule has 20 atom stereocenters. The Balaban J connectivity index is 0.820. The number of fused-ring (bicyclic) bond motifs is 20. The molecule has 0 aromatic carbocycles. The van der Waals surface area contributed by atoms with Crippen LogP contribution >= 0.6 is 0 Å². The highest BCUT2D eigenvalue weighted by atomic mass is 32.2. The third kappa shape index (κ3) is 12.3. The zero-order chi connectivity index (χ0) is 55.0. The molecule has 8 bridgehead atoms. The van der Waals surface area contributed by atoms with Gasteiger partial charge in [0.05, 0.1) is 70.3 Å². The molecule has 5 aliphatic heterocycles. The van der Waals surface area contributed by atoms with Gasteiger partial charge in [-0.15, -0.1) is 0 Å². The van der Waals surface area contributed by atoms with Crippen molar-refractivity contribution in [1.82, 2.24) is 61.4 Å². The van der Waals surface area contributed by atoms with E-state index in [2.05, 4.69) is 61.4 Å². The van der Waals surface area contributed by atoms with Gasteiger partial charge in [-0.3, -0.25) is 42.5 Å². The van der Waals surface area contributed by atoms with Crippen molar-refractivity contribution in [3.8, 4) is 0 Å². The molecule has 0 aromatic heterocycles. The van der Waals surface area contributed by atoms with Gasteiger partial charge >= 0.3 is 0 Å². The van der Waals surface area contributed by atoms with E-state index in [4.69, 9.17) is 0 Å². The lowest BCUT2D eigenvalue weighted by Crippen LogP contribution is -2.61. The summed E-state index contributed by atoms with van der Waals surface area (Å²) in [5.41, 5.74) is 0. The van der Waals surface area contributed by atoms with Gasteiger partial charge in [-0.1, -0.05) is 77.0 Å². The van der Waals surface area contributed by atoms with Gasteiger partial charge in [-0.25, -0.2) is 52.6 Å². The number of hydrogen-bond acceptors (Lipinski definition) is 16. The van der Waals surface area contributed by atoms with E-state index in [1.54, 1.807) is 0 Å². The Morgan fingerprint density at radius 2 is 0.388 bits per heavy atom. The summed E-state index contributed by atoms with van der Waals surface area (Å²) in [6.07, 6.45) is 25.2. The van der Waals surface area contributed by atoms with Gasteiger partial charge in [0.2, 0.25) is 40.1 Å². The first-order chi connectivity index (χ1) is 38.5. The summed E-state index contributed by atoms with van der Waals surface area (Å²) in [5, 5.41) is 30.5.